The van der Waals surface area contributed by atoms with Crippen molar-refractivity contribution in [2.45, 2.75) is 26.9 Å². The first kappa shape index (κ1) is 23.2. The quantitative estimate of drug-likeness (QED) is 0.317. The molecule has 1 N–H and O–H groups in total. The third-order valence-electron chi connectivity index (χ3n) is 6.11. The van der Waals surface area contributed by atoms with Crippen LogP contribution in [0.1, 0.15) is 28.7 Å². The van der Waals surface area contributed by atoms with Crippen LogP contribution in [0.3, 0.4) is 0 Å². The Morgan fingerprint density at radius 2 is 1.69 bits per heavy atom. The Kier molecular flexibility index (Phi) is 5.93. The number of hydrogen-bond donors (Lipinski definition) is 1. The molecule has 5 aromatic rings. The molecule has 0 aliphatic carbocycles. The van der Waals surface area contributed by atoms with E-state index in [1.165, 1.54) is 14.0 Å². The lowest BCUT2D eigenvalue weighted by molar-refractivity contribution is -0.123. The molecule has 2 aromatic heterocycles. The molecule has 8 nitrogen and oxygen atoms in total. The van der Waals surface area contributed by atoms with Crippen molar-refractivity contribution in [3.63, 3.8) is 0 Å². The highest BCUT2D eigenvalue weighted by Crippen LogP contribution is 2.36. The van der Waals surface area contributed by atoms with Crippen LogP contribution in [-0.4, -0.2) is 34.9 Å². The van der Waals surface area contributed by atoms with Gasteiger partial charge in [-0.3, -0.25) is 4.79 Å². The van der Waals surface area contributed by atoms with Crippen LogP contribution < -0.4 is 10.1 Å². The fourth-order valence-electron chi connectivity index (χ4n) is 4.28. The summed E-state index contributed by atoms with van der Waals surface area (Å²) in [6.07, 6.45) is -1.06. The van der Waals surface area contributed by atoms with Crippen molar-refractivity contribution in [2.75, 3.05) is 12.4 Å². The maximum Gasteiger partial charge on any atom is 0.342 e. The minimum atomic E-state index is -1.06. The summed E-state index contributed by atoms with van der Waals surface area (Å²) in [4.78, 5) is 26.0. The molecule has 0 aliphatic heterocycles. The Labute approximate surface area is 207 Å². The molecule has 0 saturated heterocycles. The normalized spacial score (nSPS) is 12.0. The van der Waals surface area contributed by atoms with Gasteiger partial charge in [-0.1, -0.05) is 36.4 Å². The van der Waals surface area contributed by atoms with E-state index in [-0.39, 0.29) is 0 Å². The molecule has 3 aromatic carbocycles. The second-order valence-corrected chi connectivity index (χ2v) is 8.48. The van der Waals surface area contributed by atoms with Gasteiger partial charge in [-0.15, -0.1) is 0 Å². The molecule has 36 heavy (non-hydrogen) atoms. The second kappa shape index (κ2) is 9.22. The first-order valence-corrected chi connectivity index (χ1v) is 11.5. The number of hydrogen-bond acceptors (Lipinski definition) is 6. The van der Waals surface area contributed by atoms with Crippen molar-refractivity contribution in [1.82, 2.24) is 9.78 Å². The van der Waals surface area contributed by atoms with Crippen molar-refractivity contribution < 1.29 is 23.5 Å². The summed E-state index contributed by atoms with van der Waals surface area (Å²) in [5, 5.41) is 9.10. The minimum absolute atomic E-state index is 0.333. The molecular formula is C28H25N3O5. The van der Waals surface area contributed by atoms with Crippen LogP contribution in [-0.2, 0) is 9.53 Å². The summed E-state index contributed by atoms with van der Waals surface area (Å²) in [5.74, 6) is -0.644. The van der Waals surface area contributed by atoms with Gasteiger partial charge >= 0.3 is 5.97 Å². The number of aromatic nitrogens is 2. The highest BCUT2D eigenvalue weighted by atomic mass is 16.5. The topological polar surface area (TPSA) is 95.6 Å². The molecule has 0 bridgehead atoms. The maximum absolute atomic E-state index is 13.0. The molecule has 0 radical (unpaired) electrons. The van der Waals surface area contributed by atoms with Gasteiger partial charge in [0, 0.05) is 16.8 Å². The summed E-state index contributed by atoms with van der Waals surface area (Å²) in [7, 11) is 1.53. The third kappa shape index (κ3) is 4.07. The second-order valence-electron chi connectivity index (χ2n) is 8.48. The molecular weight excluding hydrogens is 458 g/mol. The average molecular weight is 484 g/mol. The molecule has 8 heteroatoms. The maximum atomic E-state index is 13.0. The smallest absolute Gasteiger partial charge is 0.342 e. The summed E-state index contributed by atoms with van der Waals surface area (Å²) >= 11 is 0. The fourth-order valence-corrected chi connectivity index (χ4v) is 4.28. The monoisotopic (exact) mass is 483 g/mol. The Morgan fingerprint density at radius 3 is 2.44 bits per heavy atom. The molecule has 0 fully saturated rings. The summed E-state index contributed by atoms with van der Waals surface area (Å²) in [6.45, 7) is 5.05. The van der Waals surface area contributed by atoms with Crippen LogP contribution in [0.2, 0.25) is 0 Å². The fraction of sp³-hybridized carbons (Fsp3) is 0.179. The number of amides is 1. The first-order chi connectivity index (χ1) is 17.4. The van der Waals surface area contributed by atoms with E-state index in [0.717, 1.165) is 22.0 Å². The average Bonchev–Trinajstić information content (AvgIpc) is 3.39. The standard InChI is InChI=1S/C28H25N3O5/c1-16-26(17(2)31(30-16)19-10-6-5-7-11-19)28(33)35-18(3)27(32)29-22-15-24-21(14-25(22)34-4)20-12-8-9-13-23(20)36-24/h5-15,18H,1-4H3,(H,29,32). The number of nitrogens with one attached hydrogen (secondary N) is 1. The molecule has 182 valence electrons. The van der Waals surface area contributed by atoms with Crippen LogP contribution in [0.5, 0.6) is 5.75 Å². The van der Waals surface area contributed by atoms with Gasteiger partial charge in [0.1, 0.15) is 22.5 Å². The Bertz CT molecular complexity index is 1600. The predicted molar refractivity (Wildman–Crippen MR) is 137 cm³/mol. The number of fused-ring (bicyclic) bond motifs is 3. The van der Waals surface area contributed by atoms with E-state index in [4.69, 9.17) is 13.9 Å². The largest absolute Gasteiger partial charge is 0.495 e. The van der Waals surface area contributed by atoms with Crippen molar-refractivity contribution in [1.29, 1.82) is 0 Å². The number of anilines is 1. The Hall–Kier alpha value is -4.59. The lowest BCUT2D eigenvalue weighted by Crippen LogP contribution is -2.30. The van der Waals surface area contributed by atoms with Gasteiger partial charge in [0.2, 0.25) is 0 Å². The number of furan rings is 1. The number of benzene rings is 3. The van der Waals surface area contributed by atoms with Gasteiger partial charge in [-0.25, -0.2) is 9.48 Å². The number of carbonyl (C=O) groups is 2. The Balaban J connectivity index is 1.36. The van der Waals surface area contributed by atoms with Gasteiger partial charge in [0.25, 0.3) is 5.91 Å². The summed E-state index contributed by atoms with van der Waals surface area (Å²) in [6, 6.07) is 20.7. The summed E-state index contributed by atoms with van der Waals surface area (Å²) in [5.41, 5.74) is 4.08. The number of nitrogens with zero attached hydrogens (tertiary/aromatic N) is 2. The predicted octanol–water partition coefficient (Wildman–Crippen LogP) is 5.58. The molecule has 0 saturated carbocycles. The van der Waals surface area contributed by atoms with E-state index in [2.05, 4.69) is 10.4 Å². The van der Waals surface area contributed by atoms with Crippen LogP contribution in [0.25, 0.3) is 27.6 Å². The number of ether oxygens (including phenoxy) is 2. The highest BCUT2D eigenvalue weighted by Gasteiger charge is 2.26. The van der Waals surface area contributed by atoms with Crippen LogP contribution in [0.4, 0.5) is 5.69 Å². The molecule has 1 amide bonds. The lowest BCUT2D eigenvalue weighted by atomic mass is 10.1. The highest BCUT2D eigenvalue weighted by molar-refractivity contribution is 6.08. The van der Waals surface area contributed by atoms with E-state index in [9.17, 15) is 9.59 Å². The van der Waals surface area contributed by atoms with Crippen molar-refractivity contribution in [3.05, 3.63) is 83.7 Å². The van der Waals surface area contributed by atoms with Gasteiger partial charge in [0.05, 0.1) is 29.9 Å². The van der Waals surface area contributed by atoms with E-state index in [1.807, 2.05) is 60.7 Å². The van der Waals surface area contributed by atoms with E-state index in [1.54, 1.807) is 24.6 Å². The molecule has 0 spiro atoms. The van der Waals surface area contributed by atoms with Crippen molar-refractivity contribution >= 4 is 39.5 Å². The van der Waals surface area contributed by atoms with Crippen molar-refractivity contribution in [3.8, 4) is 11.4 Å². The lowest BCUT2D eigenvalue weighted by Gasteiger charge is -2.15. The Morgan fingerprint density at radius 1 is 0.972 bits per heavy atom. The first-order valence-electron chi connectivity index (χ1n) is 11.5. The molecule has 0 aliphatic rings. The van der Waals surface area contributed by atoms with E-state index >= 15 is 0 Å². The third-order valence-corrected chi connectivity index (χ3v) is 6.11. The number of esters is 1. The van der Waals surface area contributed by atoms with Gasteiger partial charge in [0.15, 0.2) is 6.10 Å². The number of rotatable bonds is 6. The molecule has 1 atom stereocenters. The number of para-hydroxylation sites is 2. The zero-order valence-electron chi connectivity index (χ0n) is 20.4. The van der Waals surface area contributed by atoms with E-state index in [0.29, 0.717) is 34.0 Å². The van der Waals surface area contributed by atoms with Gasteiger partial charge in [-0.05, 0) is 45.0 Å². The van der Waals surface area contributed by atoms with Crippen LogP contribution >= 0.6 is 0 Å². The number of methoxy groups -OCH3 is 1. The number of carbonyl (C=O) groups excluding carboxylic acids is 2. The van der Waals surface area contributed by atoms with Crippen LogP contribution in [0, 0.1) is 13.8 Å². The van der Waals surface area contributed by atoms with E-state index < -0.39 is 18.0 Å². The van der Waals surface area contributed by atoms with Gasteiger partial charge < -0.3 is 19.2 Å². The summed E-state index contributed by atoms with van der Waals surface area (Å²) < 4.78 is 18.6. The zero-order valence-corrected chi connectivity index (χ0v) is 20.4. The molecule has 2 heterocycles. The minimum Gasteiger partial charge on any atom is -0.495 e. The van der Waals surface area contributed by atoms with Crippen LogP contribution in [0.15, 0.2) is 71.1 Å². The zero-order chi connectivity index (χ0) is 25.4. The molecule has 5 rings (SSSR count). The SMILES string of the molecule is COc1cc2c(cc1NC(=O)C(C)OC(=O)c1c(C)nn(-c3ccccc3)c1C)oc1ccccc12. The van der Waals surface area contributed by atoms with Crippen molar-refractivity contribution in [2.24, 2.45) is 0 Å². The molecule has 1 unspecified atom stereocenters. The number of aryl methyl sites for hydroxylation is 1. The van der Waals surface area contributed by atoms with Gasteiger partial charge in [-0.2, -0.15) is 5.10 Å².